The zero-order valence-corrected chi connectivity index (χ0v) is 19.4. The number of carbonyl (C=O) groups excluding carboxylic acids is 1. The lowest BCUT2D eigenvalue weighted by atomic mass is 9.72. The van der Waals surface area contributed by atoms with Crippen LogP contribution in [-0.4, -0.2) is 29.3 Å². The number of hydrogen-bond acceptors (Lipinski definition) is 3. The molecule has 4 rings (SSSR count). The summed E-state index contributed by atoms with van der Waals surface area (Å²) < 4.78 is 5.80. The molecule has 0 bridgehead atoms. The summed E-state index contributed by atoms with van der Waals surface area (Å²) >= 11 is 6.06. The van der Waals surface area contributed by atoms with Crippen molar-refractivity contribution in [1.29, 1.82) is 0 Å². The topological polar surface area (TPSA) is 58.6 Å². The van der Waals surface area contributed by atoms with Crippen LogP contribution in [-0.2, 0) is 9.53 Å². The number of aliphatic hydroxyl groups excluding tert-OH is 1. The van der Waals surface area contributed by atoms with Crippen LogP contribution in [0.2, 0.25) is 5.02 Å². The highest BCUT2D eigenvalue weighted by atomic mass is 35.5. The normalized spacial score (nSPS) is 25.9. The average molecular weight is 440 g/mol. The van der Waals surface area contributed by atoms with Crippen molar-refractivity contribution < 1.29 is 14.6 Å². The van der Waals surface area contributed by atoms with Crippen LogP contribution in [0.5, 0.6) is 0 Å². The van der Waals surface area contributed by atoms with Gasteiger partial charge in [0.25, 0.3) is 5.91 Å². The van der Waals surface area contributed by atoms with E-state index in [1.165, 1.54) is 0 Å². The van der Waals surface area contributed by atoms with Gasteiger partial charge in [-0.05, 0) is 85.9 Å². The Bertz CT molecular complexity index is 1040. The van der Waals surface area contributed by atoms with Gasteiger partial charge < -0.3 is 15.2 Å². The highest BCUT2D eigenvalue weighted by Crippen LogP contribution is 2.47. The maximum atomic E-state index is 13.2. The summed E-state index contributed by atoms with van der Waals surface area (Å²) in [5.74, 6) is -0.0175. The lowest BCUT2D eigenvalue weighted by Gasteiger charge is -2.43. The van der Waals surface area contributed by atoms with Gasteiger partial charge in [-0.25, -0.2) is 0 Å². The van der Waals surface area contributed by atoms with E-state index in [0.717, 1.165) is 47.1 Å². The Morgan fingerprint density at radius 2 is 1.71 bits per heavy atom. The van der Waals surface area contributed by atoms with Gasteiger partial charge in [0.15, 0.2) is 0 Å². The van der Waals surface area contributed by atoms with Gasteiger partial charge in [0.1, 0.15) is 5.76 Å². The molecular weight excluding hydrogens is 410 g/mol. The number of carbonyl (C=O) groups is 1. The van der Waals surface area contributed by atoms with Crippen LogP contribution in [0, 0.1) is 13.8 Å². The van der Waals surface area contributed by atoms with Gasteiger partial charge in [-0.1, -0.05) is 42.8 Å². The fourth-order valence-electron chi connectivity index (χ4n) is 5.29. The molecule has 5 heteroatoms. The molecule has 1 heterocycles. The van der Waals surface area contributed by atoms with E-state index in [2.05, 4.69) is 18.3 Å². The third-order valence-corrected chi connectivity index (χ3v) is 7.69. The largest absolute Gasteiger partial charge is 0.509 e. The smallest absolute Gasteiger partial charge is 0.256 e. The molecule has 2 aromatic carbocycles. The number of aliphatic hydroxyl groups is 1. The molecule has 0 radical (unpaired) electrons. The summed E-state index contributed by atoms with van der Waals surface area (Å²) in [6.45, 7) is 6.13. The van der Waals surface area contributed by atoms with Gasteiger partial charge in [0, 0.05) is 12.1 Å². The molecule has 1 amide bonds. The van der Waals surface area contributed by atoms with Crippen LogP contribution in [0.1, 0.15) is 55.7 Å². The molecular formula is C26H30ClNO3. The van der Waals surface area contributed by atoms with Gasteiger partial charge in [0.05, 0.1) is 16.7 Å². The molecule has 4 nitrogen and oxygen atoms in total. The molecule has 2 aromatic rings. The predicted octanol–water partition coefficient (Wildman–Crippen LogP) is 6.13. The molecule has 31 heavy (non-hydrogen) atoms. The van der Waals surface area contributed by atoms with Crippen LogP contribution in [0.3, 0.4) is 0 Å². The zero-order chi connectivity index (χ0) is 22.4. The van der Waals surface area contributed by atoms with Crippen LogP contribution < -0.4 is 5.32 Å². The molecule has 1 fully saturated rings. The summed E-state index contributed by atoms with van der Waals surface area (Å²) in [7, 11) is 1.75. The van der Waals surface area contributed by atoms with Gasteiger partial charge in [-0.2, -0.15) is 0 Å². The van der Waals surface area contributed by atoms with Crippen molar-refractivity contribution in [2.24, 2.45) is 0 Å². The first kappa shape index (κ1) is 21.9. The summed E-state index contributed by atoms with van der Waals surface area (Å²) in [5.41, 5.74) is 4.37. The van der Waals surface area contributed by atoms with Gasteiger partial charge in [0.2, 0.25) is 0 Å². The second-order valence-corrected chi connectivity index (χ2v) is 9.37. The predicted molar refractivity (Wildman–Crippen MR) is 125 cm³/mol. The summed E-state index contributed by atoms with van der Waals surface area (Å²) in [6.07, 6.45) is 3.88. The number of ether oxygens (including phenoxy) is 1. The van der Waals surface area contributed by atoms with Gasteiger partial charge >= 0.3 is 0 Å². The summed E-state index contributed by atoms with van der Waals surface area (Å²) in [5, 5.41) is 15.2. The van der Waals surface area contributed by atoms with E-state index in [1.807, 2.05) is 44.2 Å². The van der Waals surface area contributed by atoms with E-state index in [0.29, 0.717) is 23.4 Å². The molecule has 2 aliphatic rings. The molecule has 164 valence electrons. The number of methoxy groups -OCH3 is 1. The number of benzene rings is 2. The Morgan fingerprint density at radius 1 is 1.06 bits per heavy atom. The van der Waals surface area contributed by atoms with Crippen LogP contribution >= 0.6 is 11.6 Å². The van der Waals surface area contributed by atoms with Crippen LogP contribution in [0.25, 0.3) is 16.7 Å². The fourth-order valence-corrected chi connectivity index (χ4v) is 5.41. The molecule has 1 spiro atoms. The molecule has 1 saturated carbocycles. The van der Waals surface area contributed by atoms with E-state index in [-0.39, 0.29) is 17.3 Å². The number of aryl methyl sites for hydroxylation is 1. The molecule has 2 N–H and O–H groups in total. The molecule has 1 aliphatic heterocycles. The Labute approximate surface area is 189 Å². The first-order valence-corrected chi connectivity index (χ1v) is 11.3. The number of halogens is 1. The third kappa shape index (κ3) is 3.56. The van der Waals surface area contributed by atoms with E-state index in [4.69, 9.17) is 16.3 Å². The van der Waals surface area contributed by atoms with Gasteiger partial charge in [-0.3, -0.25) is 4.79 Å². The minimum Gasteiger partial charge on any atom is -0.509 e. The maximum absolute atomic E-state index is 13.2. The second-order valence-electron chi connectivity index (χ2n) is 8.94. The van der Waals surface area contributed by atoms with Crippen molar-refractivity contribution in [2.75, 3.05) is 7.11 Å². The van der Waals surface area contributed by atoms with E-state index in [1.54, 1.807) is 7.11 Å². The number of hydrogen-bond donors (Lipinski definition) is 2. The van der Waals surface area contributed by atoms with Crippen molar-refractivity contribution in [3.8, 4) is 11.1 Å². The number of rotatable bonds is 4. The highest BCUT2D eigenvalue weighted by molar-refractivity contribution is 6.30. The minimum absolute atomic E-state index is 0.167. The number of amides is 1. The fraction of sp³-hybridized carbons (Fsp3) is 0.423. The van der Waals surface area contributed by atoms with Crippen molar-refractivity contribution in [3.63, 3.8) is 0 Å². The van der Waals surface area contributed by atoms with Crippen molar-refractivity contribution >= 4 is 23.1 Å². The Morgan fingerprint density at radius 3 is 2.29 bits per heavy atom. The second kappa shape index (κ2) is 7.99. The first-order valence-electron chi connectivity index (χ1n) is 10.9. The molecule has 0 aromatic heterocycles. The SMILES string of the molecule is CC[C@]1(OC)CC[C@@]2(CC1)NC(=O)C(c1c(C)ccc(-c3ccc(Cl)cc3)c1C)=C2O. The lowest BCUT2D eigenvalue weighted by molar-refractivity contribution is -0.117. The standard InChI is InChI=1S/C26H30ClNO3/c1-5-25(31-4)12-14-26(15-13-25)23(29)22(24(30)28-26)21-16(2)6-11-20(17(21)3)18-7-9-19(27)10-8-18/h6-11,29H,5,12-15H2,1-4H3,(H,28,30)/t25-,26-. The van der Waals surface area contributed by atoms with Gasteiger partial charge in [-0.15, -0.1) is 0 Å². The monoisotopic (exact) mass is 439 g/mol. The molecule has 0 atom stereocenters. The molecule has 0 unspecified atom stereocenters. The van der Waals surface area contributed by atoms with Crippen LogP contribution in [0.4, 0.5) is 0 Å². The quantitative estimate of drug-likeness (QED) is 0.602. The lowest BCUT2D eigenvalue weighted by Crippen LogP contribution is -2.51. The van der Waals surface area contributed by atoms with Crippen molar-refractivity contribution in [3.05, 3.63) is 63.9 Å². The van der Waals surface area contributed by atoms with Crippen LogP contribution in [0.15, 0.2) is 42.2 Å². The zero-order valence-electron chi connectivity index (χ0n) is 18.6. The van der Waals surface area contributed by atoms with E-state index >= 15 is 0 Å². The minimum atomic E-state index is -0.696. The van der Waals surface area contributed by atoms with Crippen molar-refractivity contribution in [2.45, 2.75) is 64.0 Å². The Kier molecular flexibility index (Phi) is 5.65. The third-order valence-electron chi connectivity index (χ3n) is 7.44. The molecule has 1 aliphatic carbocycles. The summed E-state index contributed by atoms with van der Waals surface area (Å²) in [6, 6.07) is 11.8. The van der Waals surface area contributed by atoms with E-state index in [9.17, 15) is 9.90 Å². The molecule has 0 saturated heterocycles. The maximum Gasteiger partial charge on any atom is 0.256 e. The Hall–Kier alpha value is -2.30. The summed E-state index contributed by atoms with van der Waals surface area (Å²) in [4.78, 5) is 13.2. The average Bonchev–Trinajstić information content (AvgIpc) is 3.00. The Balaban J connectivity index is 1.78. The van der Waals surface area contributed by atoms with E-state index < -0.39 is 5.54 Å². The van der Waals surface area contributed by atoms with Crippen molar-refractivity contribution in [1.82, 2.24) is 5.32 Å². The number of nitrogens with one attached hydrogen (secondary N) is 1. The highest BCUT2D eigenvalue weighted by Gasteiger charge is 2.51. The first-order chi connectivity index (χ1) is 14.8.